The average Bonchev–Trinajstić information content (AvgIpc) is 2.19. The Hall–Kier alpha value is -0.430. The maximum absolute atomic E-state index is 5.47. The number of halogens is 1. The van der Waals surface area contributed by atoms with Crippen LogP contribution in [-0.2, 0) is 6.54 Å². The van der Waals surface area contributed by atoms with E-state index >= 15 is 0 Å². The zero-order valence-corrected chi connectivity index (χ0v) is 5.30. The summed E-state index contributed by atoms with van der Waals surface area (Å²) < 4.78 is 2.05. The molecule has 0 aliphatic carbocycles. The van der Waals surface area contributed by atoms with Crippen LogP contribution in [0.2, 0.25) is 0 Å². The maximum atomic E-state index is 5.47. The topological polar surface area (TPSA) is 4.93 Å². The average molecular weight is 130 g/mol. The van der Waals surface area contributed by atoms with Crippen LogP contribution in [0.3, 0.4) is 0 Å². The number of nitrogens with zero attached hydrogens (tertiary/aromatic N) is 1. The Labute approximate surface area is 53.9 Å². The van der Waals surface area contributed by atoms with E-state index in [1.807, 2.05) is 29.1 Å². The van der Waals surface area contributed by atoms with Crippen LogP contribution in [0.4, 0.5) is 0 Å². The fourth-order valence-electron chi connectivity index (χ4n) is 0.617. The van der Waals surface area contributed by atoms with Gasteiger partial charge in [-0.3, -0.25) is 0 Å². The number of hydrogen-bond donors (Lipinski definition) is 0. The number of alkyl halides is 1. The summed E-state index contributed by atoms with van der Waals surface area (Å²) in [6.07, 6.45) is 4.00. The first-order valence-corrected chi connectivity index (χ1v) is 3.13. The quantitative estimate of drug-likeness (QED) is 0.536. The smallest absolute Gasteiger partial charge is 0.0403 e. The van der Waals surface area contributed by atoms with Crippen molar-refractivity contribution in [3.63, 3.8) is 0 Å². The van der Waals surface area contributed by atoms with Crippen molar-refractivity contribution in [3.8, 4) is 0 Å². The SMILES string of the molecule is ClCCn1cccc1. The highest BCUT2D eigenvalue weighted by Crippen LogP contribution is 1.89. The van der Waals surface area contributed by atoms with Gasteiger partial charge in [0.1, 0.15) is 0 Å². The molecule has 0 N–H and O–H groups in total. The van der Waals surface area contributed by atoms with Gasteiger partial charge in [0.2, 0.25) is 0 Å². The van der Waals surface area contributed by atoms with Crippen molar-refractivity contribution in [1.29, 1.82) is 0 Å². The zero-order valence-electron chi connectivity index (χ0n) is 4.55. The molecule has 0 atom stereocenters. The van der Waals surface area contributed by atoms with Gasteiger partial charge in [-0.05, 0) is 12.1 Å². The van der Waals surface area contributed by atoms with E-state index in [0.29, 0.717) is 5.88 Å². The molecule has 44 valence electrons. The summed E-state index contributed by atoms with van der Waals surface area (Å²) in [7, 11) is 0. The molecule has 1 rings (SSSR count). The van der Waals surface area contributed by atoms with Gasteiger partial charge in [0.15, 0.2) is 0 Å². The van der Waals surface area contributed by atoms with Crippen molar-refractivity contribution in [3.05, 3.63) is 24.5 Å². The second-order valence-corrected chi connectivity index (χ2v) is 1.99. The van der Waals surface area contributed by atoms with E-state index in [1.54, 1.807) is 0 Å². The van der Waals surface area contributed by atoms with Crippen molar-refractivity contribution in [2.75, 3.05) is 5.88 Å². The summed E-state index contributed by atoms with van der Waals surface area (Å²) in [6.45, 7) is 0.911. The summed E-state index contributed by atoms with van der Waals surface area (Å²) >= 11 is 5.47. The number of rotatable bonds is 2. The fraction of sp³-hybridized carbons (Fsp3) is 0.333. The molecule has 0 aliphatic rings. The predicted octanol–water partition coefficient (Wildman–Crippen LogP) is 1.73. The minimum atomic E-state index is 0.689. The van der Waals surface area contributed by atoms with E-state index in [0.717, 1.165) is 6.54 Å². The van der Waals surface area contributed by atoms with E-state index < -0.39 is 0 Å². The Morgan fingerprint density at radius 3 is 2.38 bits per heavy atom. The molecule has 0 saturated carbocycles. The summed E-state index contributed by atoms with van der Waals surface area (Å²) in [5.74, 6) is 0.689. The van der Waals surface area contributed by atoms with E-state index in [9.17, 15) is 0 Å². The molecule has 0 saturated heterocycles. The van der Waals surface area contributed by atoms with Crippen LogP contribution in [0.1, 0.15) is 0 Å². The van der Waals surface area contributed by atoms with Gasteiger partial charge in [-0.2, -0.15) is 0 Å². The third-order valence-electron chi connectivity index (χ3n) is 1.01. The highest BCUT2D eigenvalue weighted by atomic mass is 35.5. The van der Waals surface area contributed by atoms with Crippen LogP contribution in [-0.4, -0.2) is 10.4 Å². The Kier molecular flexibility index (Phi) is 1.98. The van der Waals surface area contributed by atoms with Gasteiger partial charge in [-0.15, -0.1) is 11.6 Å². The van der Waals surface area contributed by atoms with Gasteiger partial charge in [-0.1, -0.05) is 0 Å². The summed E-state index contributed by atoms with van der Waals surface area (Å²) in [6, 6.07) is 3.99. The molecular weight excluding hydrogens is 122 g/mol. The Bertz CT molecular complexity index is 134. The molecule has 0 aromatic carbocycles. The van der Waals surface area contributed by atoms with Crippen LogP contribution in [0.25, 0.3) is 0 Å². The Balaban J connectivity index is 2.50. The Morgan fingerprint density at radius 2 is 1.88 bits per heavy atom. The largest absolute Gasteiger partial charge is 0.353 e. The third-order valence-corrected chi connectivity index (χ3v) is 1.18. The van der Waals surface area contributed by atoms with Gasteiger partial charge in [0.25, 0.3) is 0 Å². The molecule has 0 unspecified atom stereocenters. The van der Waals surface area contributed by atoms with Gasteiger partial charge >= 0.3 is 0 Å². The highest BCUT2D eigenvalue weighted by Gasteiger charge is 1.82. The second-order valence-electron chi connectivity index (χ2n) is 1.61. The molecule has 0 fully saturated rings. The Morgan fingerprint density at radius 1 is 1.25 bits per heavy atom. The summed E-state index contributed by atoms with van der Waals surface area (Å²) in [5, 5.41) is 0. The molecule has 0 amide bonds. The summed E-state index contributed by atoms with van der Waals surface area (Å²) in [5.41, 5.74) is 0. The lowest BCUT2D eigenvalue weighted by Crippen LogP contribution is -1.93. The lowest BCUT2D eigenvalue weighted by molar-refractivity contribution is 0.775. The van der Waals surface area contributed by atoms with Crippen molar-refractivity contribution < 1.29 is 0 Å². The normalized spacial score (nSPS) is 9.62. The monoisotopic (exact) mass is 129 g/mol. The lowest BCUT2D eigenvalue weighted by Gasteiger charge is -1.93. The molecule has 1 aromatic rings. The van der Waals surface area contributed by atoms with Crippen LogP contribution in [0, 0.1) is 0 Å². The molecule has 1 aromatic heterocycles. The molecule has 0 spiro atoms. The standard InChI is InChI=1S/C6H8ClN/c7-3-6-8-4-1-2-5-8/h1-2,4-5H,3,6H2. The van der Waals surface area contributed by atoms with Crippen LogP contribution in [0.15, 0.2) is 24.5 Å². The molecule has 0 aliphatic heterocycles. The number of aryl methyl sites for hydroxylation is 1. The molecule has 1 heterocycles. The second kappa shape index (κ2) is 2.78. The van der Waals surface area contributed by atoms with Crippen molar-refractivity contribution in [2.45, 2.75) is 6.54 Å². The molecular formula is C6H8ClN. The predicted molar refractivity (Wildman–Crippen MR) is 35.2 cm³/mol. The van der Waals surface area contributed by atoms with Gasteiger partial charge in [0.05, 0.1) is 0 Å². The van der Waals surface area contributed by atoms with Gasteiger partial charge in [0, 0.05) is 24.8 Å². The molecule has 1 nitrogen and oxygen atoms in total. The van der Waals surface area contributed by atoms with E-state index in [2.05, 4.69) is 0 Å². The van der Waals surface area contributed by atoms with Crippen LogP contribution in [0.5, 0.6) is 0 Å². The van der Waals surface area contributed by atoms with E-state index in [-0.39, 0.29) is 0 Å². The fourth-order valence-corrected chi connectivity index (χ4v) is 0.812. The van der Waals surface area contributed by atoms with Gasteiger partial charge < -0.3 is 4.57 Å². The van der Waals surface area contributed by atoms with Crippen molar-refractivity contribution in [2.24, 2.45) is 0 Å². The van der Waals surface area contributed by atoms with E-state index in [1.165, 1.54) is 0 Å². The first kappa shape index (κ1) is 5.70. The third kappa shape index (κ3) is 1.27. The molecule has 2 heteroatoms. The number of aromatic nitrogens is 1. The van der Waals surface area contributed by atoms with Crippen LogP contribution < -0.4 is 0 Å². The lowest BCUT2D eigenvalue weighted by atomic mass is 10.7. The highest BCUT2D eigenvalue weighted by molar-refractivity contribution is 6.17. The molecule has 0 bridgehead atoms. The summed E-state index contributed by atoms with van der Waals surface area (Å²) in [4.78, 5) is 0. The van der Waals surface area contributed by atoms with Crippen molar-refractivity contribution >= 4 is 11.6 Å². The van der Waals surface area contributed by atoms with Crippen molar-refractivity contribution in [1.82, 2.24) is 4.57 Å². The van der Waals surface area contributed by atoms with E-state index in [4.69, 9.17) is 11.6 Å². The first-order valence-electron chi connectivity index (χ1n) is 2.60. The first-order chi connectivity index (χ1) is 3.93. The maximum Gasteiger partial charge on any atom is 0.0403 e. The molecule has 0 radical (unpaired) electrons. The van der Waals surface area contributed by atoms with Gasteiger partial charge in [-0.25, -0.2) is 0 Å². The zero-order chi connectivity index (χ0) is 5.82. The molecule has 8 heavy (non-hydrogen) atoms. The minimum Gasteiger partial charge on any atom is -0.353 e. The van der Waals surface area contributed by atoms with Crippen LogP contribution >= 0.6 is 11.6 Å². The minimum absolute atomic E-state index is 0.689. The number of hydrogen-bond acceptors (Lipinski definition) is 0.